The Morgan fingerprint density at radius 2 is 1.71 bits per heavy atom. The van der Waals surface area contributed by atoms with Gasteiger partial charge in [0.25, 0.3) is 0 Å². The molecule has 100 valence electrons. The lowest BCUT2D eigenvalue weighted by atomic mass is 9.90. The third-order valence-corrected chi connectivity index (χ3v) is 4.91. The molecule has 3 unspecified atom stereocenters. The highest BCUT2D eigenvalue weighted by Crippen LogP contribution is 2.34. The lowest BCUT2D eigenvalue weighted by Gasteiger charge is -2.16. The summed E-state index contributed by atoms with van der Waals surface area (Å²) in [6, 6.07) is 0. The average molecular weight is 237 g/mol. The van der Waals surface area contributed by atoms with Gasteiger partial charge in [-0.1, -0.05) is 46.0 Å². The van der Waals surface area contributed by atoms with Crippen LogP contribution in [0.15, 0.2) is 0 Å². The van der Waals surface area contributed by atoms with Crippen molar-refractivity contribution in [2.24, 2.45) is 17.8 Å². The van der Waals surface area contributed by atoms with Gasteiger partial charge in [0.15, 0.2) is 0 Å². The molecule has 0 radical (unpaired) electrons. The molecule has 2 fully saturated rings. The van der Waals surface area contributed by atoms with Crippen molar-refractivity contribution in [1.82, 2.24) is 4.90 Å². The Balaban J connectivity index is 1.61. The number of nitrogens with zero attached hydrogens (tertiary/aromatic N) is 1. The molecule has 2 aliphatic rings. The summed E-state index contributed by atoms with van der Waals surface area (Å²) in [6.45, 7) is 8.98. The maximum atomic E-state index is 2.56. The Labute approximate surface area is 108 Å². The highest BCUT2D eigenvalue weighted by atomic mass is 15.2. The molecule has 1 saturated heterocycles. The molecule has 0 bridgehead atoms. The van der Waals surface area contributed by atoms with Crippen LogP contribution in [0.5, 0.6) is 0 Å². The Hall–Kier alpha value is -0.0400. The molecule has 1 heterocycles. The van der Waals surface area contributed by atoms with Gasteiger partial charge in [-0.3, -0.25) is 0 Å². The molecule has 0 aromatic carbocycles. The molecule has 0 aromatic heterocycles. The SMILES string of the molecule is CCC1CCC(CCCCN2CC2)CC(C)C1. The lowest BCUT2D eigenvalue weighted by Crippen LogP contribution is -2.05. The van der Waals surface area contributed by atoms with Crippen LogP contribution in [0.4, 0.5) is 0 Å². The summed E-state index contributed by atoms with van der Waals surface area (Å²) in [5.41, 5.74) is 0. The standard InChI is InChI=1S/C16H31N/c1-3-15-7-8-16(13-14(2)12-15)6-4-5-9-17-10-11-17/h14-16H,3-13H2,1-2H3. The molecule has 1 aliphatic heterocycles. The van der Waals surface area contributed by atoms with Gasteiger partial charge in [-0.25, -0.2) is 0 Å². The first kappa shape index (κ1) is 13.4. The molecule has 1 heteroatoms. The Kier molecular flexibility index (Phi) is 5.34. The quantitative estimate of drug-likeness (QED) is 0.377. The smallest absolute Gasteiger partial charge is 0.0110 e. The molecule has 1 nitrogen and oxygen atoms in total. The fraction of sp³-hybridized carbons (Fsp3) is 1.00. The number of unbranched alkanes of at least 4 members (excludes halogenated alkanes) is 1. The zero-order valence-corrected chi connectivity index (χ0v) is 12.0. The van der Waals surface area contributed by atoms with Crippen molar-refractivity contribution < 1.29 is 0 Å². The Bertz CT molecular complexity index is 210. The maximum Gasteiger partial charge on any atom is 0.0110 e. The highest BCUT2D eigenvalue weighted by molar-refractivity contribution is 4.75. The van der Waals surface area contributed by atoms with Crippen LogP contribution in [0.1, 0.15) is 65.2 Å². The number of hydrogen-bond acceptors (Lipinski definition) is 1. The molecular weight excluding hydrogens is 206 g/mol. The van der Waals surface area contributed by atoms with Gasteiger partial charge in [-0.2, -0.15) is 0 Å². The molecule has 0 aromatic rings. The third-order valence-electron chi connectivity index (χ3n) is 4.91. The molecule has 1 saturated carbocycles. The molecule has 3 atom stereocenters. The van der Waals surface area contributed by atoms with E-state index in [1.165, 1.54) is 71.0 Å². The van der Waals surface area contributed by atoms with Gasteiger partial charge in [-0.05, 0) is 43.6 Å². The fourth-order valence-corrected chi connectivity index (χ4v) is 3.64. The van der Waals surface area contributed by atoms with E-state index < -0.39 is 0 Å². The fourth-order valence-electron chi connectivity index (χ4n) is 3.64. The molecule has 0 N–H and O–H groups in total. The minimum absolute atomic E-state index is 0.986. The molecule has 0 spiro atoms. The summed E-state index contributed by atoms with van der Waals surface area (Å²) in [6.07, 6.45) is 11.9. The van der Waals surface area contributed by atoms with Gasteiger partial charge in [0, 0.05) is 13.1 Å². The summed E-state index contributed by atoms with van der Waals surface area (Å²) in [7, 11) is 0. The first-order chi connectivity index (χ1) is 8.28. The first-order valence-corrected chi connectivity index (χ1v) is 8.00. The van der Waals surface area contributed by atoms with Gasteiger partial charge in [0.05, 0.1) is 0 Å². The zero-order chi connectivity index (χ0) is 12.1. The number of hydrogen-bond donors (Lipinski definition) is 0. The van der Waals surface area contributed by atoms with Gasteiger partial charge in [0.2, 0.25) is 0 Å². The minimum Gasteiger partial charge on any atom is -0.301 e. The van der Waals surface area contributed by atoms with Gasteiger partial charge < -0.3 is 4.90 Å². The van der Waals surface area contributed by atoms with Crippen molar-refractivity contribution in [3.63, 3.8) is 0 Å². The van der Waals surface area contributed by atoms with Crippen LogP contribution >= 0.6 is 0 Å². The second kappa shape index (κ2) is 6.78. The van der Waals surface area contributed by atoms with Crippen molar-refractivity contribution in [2.75, 3.05) is 19.6 Å². The van der Waals surface area contributed by atoms with Gasteiger partial charge >= 0.3 is 0 Å². The molecule has 0 amide bonds. The molecule has 2 rings (SSSR count). The zero-order valence-electron chi connectivity index (χ0n) is 12.0. The summed E-state index contributed by atoms with van der Waals surface area (Å²) in [4.78, 5) is 2.56. The summed E-state index contributed by atoms with van der Waals surface area (Å²) in [5.74, 6) is 3.07. The van der Waals surface area contributed by atoms with Crippen molar-refractivity contribution in [3.8, 4) is 0 Å². The van der Waals surface area contributed by atoms with Crippen LogP contribution in [-0.2, 0) is 0 Å². The summed E-state index contributed by atoms with van der Waals surface area (Å²) < 4.78 is 0. The van der Waals surface area contributed by atoms with Crippen LogP contribution in [-0.4, -0.2) is 24.5 Å². The monoisotopic (exact) mass is 237 g/mol. The third kappa shape index (κ3) is 4.99. The molecular formula is C16H31N. The van der Waals surface area contributed by atoms with E-state index in [9.17, 15) is 0 Å². The average Bonchev–Trinajstić information content (AvgIpc) is 3.12. The summed E-state index contributed by atoms with van der Waals surface area (Å²) >= 11 is 0. The van der Waals surface area contributed by atoms with E-state index in [4.69, 9.17) is 0 Å². The minimum atomic E-state index is 0.986. The van der Waals surface area contributed by atoms with E-state index >= 15 is 0 Å². The van der Waals surface area contributed by atoms with Crippen molar-refractivity contribution in [3.05, 3.63) is 0 Å². The lowest BCUT2D eigenvalue weighted by molar-refractivity contribution is 0.354. The van der Waals surface area contributed by atoms with E-state index in [1.807, 2.05) is 0 Å². The maximum absolute atomic E-state index is 2.56. The van der Waals surface area contributed by atoms with E-state index in [0.29, 0.717) is 0 Å². The van der Waals surface area contributed by atoms with Crippen molar-refractivity contribution >= 4 is 0 Å². The highest BCUT2D eigenvalue weighted by Gasteiger charge is 2.22. The Morgan fingerprint density at radius 1 is 1.00 bits per heavy atom. The van der Waals surface area contributed by atoms with Crippen LogP contribution in [0.2, 0.25) is 0 Å². The predicted octanol–water partition coefficient (Wildman–Crippen LogP) is 4.32. The topological polar surface area (TPSA) is 3.01 Å². The summed E-state index contributed by atoms with van der Waals surface area (Å²) in [5, 5.41) is 0. The van der Waals surface area contributed by atoms with Crippen molar-refractivity contribution in [2.45, 2.75) is 65.2 Å². The largest absolute Gasteiger partial charge is 0.301 e. The van der Waals surface area contributed by atoms with E-state index in [1.54, 1.807) is 0 Å². The predicted molar refractivity (Wildman–Crippen MR) is 75.2 cm³/mol. The second-order valence-electron chi connectivity index (χ2n) is 6.63. The van der Waals surface area contributed by atoms with E-state index in [-0.39, 0.29) is 0 Å². The number of rotatable bonds is 6. The van der Waals surface area contributed by atoms with Crippen LogP contribution in [0, 0.1) is 17.8 Å². The Morgan fingerprint density at radius 3 is 2.41 bits per heavy atom. The molecule has 1 aliphatic carbocycles. The van der Waals surface area contributed by atoms with Gasteiger partial charge in [0.1, 0.15) is 0 Å². The molecule has 17 heavy (non-hydrogen) atoms. The van der Waals surface area contributed by atoms with E-state index in [2.05, 4.69) is 18.7 Å². The van der Waals surface area contributed by atoms with Crippen LogP contribution < -0.4 is 0 Å². The van der Waals surface area contributed by atoms with E-state index in [0.717, 1.165) is 17.8 Å². The second-order valence-corrected chi connectivity index (χ2v) is 6.63. The van der Waals surface area contributed by atoms with Crippen molar-refractivity contribution in [1.29, 1.82) is 0 Å². The normalized spacial score (nSPS) is 34.6. The van der Waals surface area contributed by atoms with Crippen LogP contribution in [0.25, 0.3) is 0 Å². The van der Waals surface area contributed by atoms with Gasteiger partial charge in [-0.15, -0.1) is 0 Å². The van der Waals surface area contributed by atoms with Crippen LogP contribution in [0.3, 0.4) is 0 Å². The first-order valence-electron chi connectivity index (χ1n) is 8.00.